The van der Waals surface area contributed by atoms with E-state index in [0.717, 1.165) is 29.8 Å². The molecule has 2 aromatic carbocycles. The van der Waals surface area contributed by atoms with Gasteiger partial charge in [-0.1, -0.05) is 24.3 Å². The van der Waals surface area contributed by atoms with Crippen molar-refractivity contribution >= 4 is 17.3 Å². The summed E-state index contributed by atoms with van der Waals surface area (Å²) in [7, 11) is 0. The molecule has 0 bridgehead atoms. The predicted octanol–water partition coefficient (Wildman–Crippen LogP) is 4.82. The third kappa shape index (κ3) is 4.00. The summed E-state index contributed by atoms with van der Waals surface area (Å²) in [4.78, 5) is 17.0. The molecule has 0 radical (unpaired) electrons. The SMILES string of the molecule is O=C(Nc1cccc2c1CCCC2)c1ccccc1NCc1ccncc1. The summed E-state index contributed by atoms with van der Waals surface area (Å²) in [6.07, 6.45) is 8.09. The smallest absolute Gasteiger partial charge is 0.257 e. The summed E-state index contributed by atoms with van der Waals surface area (Å²) in [5, 5.41) is 6.51. The zero-order chi connectivity index (χ0) is 18.5. The number of anilines is 2. The van der Waals surface area contributed by atoms with Gasteiger partial charge in [0.05, 0.1) is 5.56 Å². The van der Waals surface area contributed by atoms with Crippen LogP contribution in [-0.4, -0.2) is 10.9 Å². The van der Waals surface area contributed by atoms with Gasteiger partial charge in [-0.3, -0.25) is 9.78 Å². The maximum Gasteiger partial charge on any atom is 0.257 e. The Morgan fingerprint density at radius 3 is 2.56 bits per heavy atom. The highest BCUT2D eigenvalue weighted by Gasteiger charge is 2.16. The Balaban J connectivity index is 1.53. The van der Waals surface area contributed by atoms with Gasteiger partial charge in [-0.2, -0.15) is 0 Å². The Bertz CT molecular complexity index is 937. The van der Waals surface area contributed by atoms with Gasteiger partial charge in [0.15, 0.2) is 0 Å². The molecule has 0 spiro atoms. The number of amides is 1. The number of fused-ring (bicyclic) bond motifs is 1. The molecule has 2 N–H and O–H groups in total. The molecular weight excluding hydrogens is 334 g/mol. The van der Waals surface area contributed by atoms with Gasteiger partial charge in [0.1, 0.15) is 0 Å². The van der Waals surface area contributed by atoms with Gasteiger partial charge in [-0.25, -0.2) is 0 Å². The Hall–Kier alpha value is -3.14. The molecule has 1 aromatic heterocycles. The number of carbonyl (C=O) groups is 1. The van der Waals surface area contributed by atoms with Crippen LogP contribution in [0.1, 0.15) is 39.9 Å². The number of aromatic nitrogens is 1. The van der Waals surface area contributed by atoms with Gasteiger partial charge in [-0.05, 0) is 72.7 Å². The molecule has 1 amide bonds. The van der Waals surface area contributed by atoms with Crippen LogP contribution in [0.4, 0.5) is 11.4 Å². The lowest BCUT2D eigenvalue weighted by Crippen LogP contribution is -2.17. The van der Waals surface area contributed by atoms with E-state index in [1.54, 1.807) is 12.4 Å². The molecule has 0 aliphatic heterocycles. The van der Waals surface area contributed by atoms with Crippen LogP contribution < -0.4 is 10.6 Å². The van der Waals surface area contributed by atoms with E-state index in [1.165, 1.54) is 24.0 Å². The van der Waals surface area contributed by atoms with Crippen LogP contribution in [0.25, 0.3) is 0 Å². The van der Waals surface area contributed by atoms with Crippen molar-refractivity contribution in [3.63, 3.8) is 0 Å². The first-order valence-electron chi connectivity index (χ1n) is 9.45. The number of nitrogens with zero attached hydrogens (tertiary/aromatic N) is 1. The lowest BCUT2D eigenvalue weighted by atomic mass is 9.90. The first kappa shape index (κ1) is 17.3. The van der Waals surface area contributed by atoms with Crippen LogP contribution >= 0.6 is 0 Å². The van der Waals surface area contributed by atoms with Crippen molar-refractivity contribution < 1.29 is 4.79 Å². The van der Waals surface area contributed by atoms with E-state index < -0.39 is 0 Å². The molecule has 4 rings (SSSR count). The molecule has 1 aliphatic carbocycles. The molecule has 4 nitrogen and oxygen atoms in total. The number of rotatable bonds is 5. The molecule has 0 fully saturated rings. The van der Waals surface area contributed by atoms with E-state index in [1.807, 2.05) is 48.5 Å². The van der Waals surface area contributed by atoms with Crippen molar-refractivity contribution in [3.05, 3.63) is 89.2 Å². The average Bonchev–Trinajstić information content (AvgIpc) is 2.73. The van der Waals surface area contributed by atoms with Crippen LogP contribution in [-0.2, 0) is 19.4 Å². The van der Waals surface area contributed by atoms with Crippen molar-refractivity contribution in [2.75, 3.05) is 10.6 Å². The van der Waals surface area contributed by atoms with Crippen LogP contribution in [0.3, 0.4) is 0 Å². The number of carbonyl (C=O) groups excluding carboxylic acids is 1. The highest BCUT2D eigenvalue weighted by Crippen LogP contribution is 2.28. The quantitative estimate of drug-likeness (QED) is 0.688. The third-order valence-electron chi connectivity index (χ3n) is 5.05. The summed E-state index contributed by atoms with van der Waals surface area (Å²) in [5.74, 6) is -0.0770. The second-order valence-electron chi connectivity index (χ2n) is 6.86. The first-order chi connectivity index (χ1) is 13.3. The highest BCUT2D eigenvalue weighted by atomic mass is 16.1. The Kier molecular flexibility index (Phi) is 5.15. The van der Waals surface area contributed by atoms with E-state index in [2.05, 4.69) is 21.7 Å². The summed E-state index contributed by atoms with van der Waals surface area (Å²) in [5.41, 5.74) is 6.21. The van der Waals surface area contributed by atoms with E-state index in [-0.39, 0.29) is 5.91 Å². The standard InChI is InChI=1S/C23H23N3O/c27-23(26-22-11-5-7-18-6-1-2-8-19(18)22)20-9-3-4-10-21(20)25-16-17-12-14-24-15-13-17/h3-5,7,9-15,25H,1-2,6,8,16H2,(H,26,27). The van der Waals surface area contributed by atoms with Crippen molar-refractivity contribution in [2.24, 2.45) is 0 Å². The first-order valence-corrected chi connectivity index (χ1v) is 9.45. The lowest BCUT2D eigenvalue weighted by molar-refractivity contribution is 0.102. The Morgan fingerprint density at radius 2 is 1.67 bits per heavy atom. The fraction of sp³-hybridized carbons (Fsp3) is 0.217. The largest absolute Gasteiger partial charge is 0.380 e. The normalized spacial score (nSPS) is 12.9. The topological polar surface area (TPSA) is 54.0 Å². The molecule has 4 heteroatoms. The van der Waals surface area contributed by atoms with Crippen molar-refractivity contribution in [1.82, 2.24) is 4.98 Å². The highest BCUT2D eigenvalue weighted by molar-refractivity contribution is 6.08. The van der Waals surface area contributed by atoms with Gasteiger partial charge in [0.25, 0.3) is 5.91 Å². The molecule has 0 atom stereocenters. The van der Waals surface area contributed by atoms with E-state index in [4.69, 9.17) is 0 Å². The fourth-order valence-corrected chi connectivity index (χ4v) is 3.62. The van der Waals surface area contributed by atoms with Crippen LogP contribution in [0, 0.1) is 0 Å². The van der Waals surface area contributed by atoms with Gasteiger partial charge >= 0.3 is 0 Å². The maximum atomic E-state index is 13.0. The van der Waals surface area contributed by atoms with Crippen molar-refractivity contribution in [3.8, 4) is 0 Å². The molecule has 0 saturated carbocycles. The fourth-order valence-electron chi connectivity index (χ4n) is 3.62. The molecule has 1 aliphatic rings. The zero-order valence-electron chi connectivity index (χ0n) is 15.2. The number of nitrogens with one attached hydrogen (secondary N) is 2. The Morgan fingerprint density at radius 1 is 0.889 bits per heavy atom. The summed E-state index contributed by atoms with van der Waals surface area (Å²) < 4.78 is 0. The third-order valence-corrected chi connectivity index (χ3v) is 5.05. The van der Waals surface area contributed by atoms with Crippen LogP contribution in [0.5, 0.6) is 0 Å². The molecule has 0 unspecified atom stereocenters. The van der Waals surface area contributed by atoms with E-state index in [0.29, 0.717) is 12.1 Å². The second kappa shape index (κ2) is 8.04. The molecule has 1 heterocycles. The average molecular weight is 357 g/mol. The minimum atomic E-state index is -0.0770. The molecule has 136 valence electrons. The minimum Gasteiger partial charge on any atom is -0.380 e. The van der Waals surface area contributed by atoms with Crippen molar-refractivity contribution in [1.29, 1.82) is 0 Å². The maximum absolute atomic E-state index is 13.0. The monoisotopic (exact) mass is 357 g/mol. The summed E-state index contributed by atoms with van der Waals surface area (Å²) in [6.45, 7) is 0.646. The number of aryl methyl sites for hydroxylation is 1. The lowest BCUT2D eigenvalue weighted by Gasteiger charge is -2.20. The van der Waals surface area contributed by atoms with Gasteiger partial charge in [0, 0.05) is 30.3 Å². The Labute approximate surface area is 159 Å². The van der Waals surface area contributed by atoms with Gasteiger partial charge < -0.3 is 10.6 Å². The number of pyridine rings is 1. The molecular formula is C23H23N3O. The second-order valence-corrected chi connectivity index (χ2v) is 6.86. The van der Waals surface area contributed by atoms with Crippen LogP contribution in [0.2, 0.25) is 0 Å². The minimum absolute atomic E-state index is 0.0770. The van der Waals surface area contributed by atoms with E-state index in [9.17, 15) is 4.79 Å². The number of hydrogen-bond acceptors (Lipinski definition) is 3. The number of hydrogen-bond donors (Lipinski definition) is 2. The van der Waals surface area contributed by atoms with Gasteiger partial charge in [0.2, 0.25) is 0 Å². The zero-order valence-corrected chi connectivity index (χ0v) is 15.2. The van der Waals surface area contributed by atoms with Crippen molar-refractivity contribution in [2.45, 2.75) is 32.2 Å². The predicted molar refractivity (Wildman–Crippen MR) is 109 cm³/mol. The van der Waals surface area contributed by atoms with E-state index >= 15 is 0 Å². The summed E-state index contributed by atoms with van der Waals surface area (Å²) >= 11 is 0. The number of para-hydroxylation sites is 1. The number of benzene rings is 2. The molecule has 0 saturated heterocycles. The van der Waals surface area contributed by atoms with Crippen LogP contribution in [0.15, 0.2) is 67.0 Å². The van der Waals surface area contributed by atoms with Gasteiger partial charge in [-0.15, -0.1) is 0 Å². The summed E-state index contributed by atoms with van der Waals surface area (Å²) in [6, 6.07) is 17.8. The molecule has 27 heavy (non-hydrogen) atoms. The molecule has 3 aromatic rings.